The van der Waals surface area contributed by atoms with Gasteiger partial charge in [-0.2, -0.15) is 5.26 Å². The molecule has 0 atom stereocenters. The van der Waals surface area contributed by atoms with Gasteiger partial charge in [0, 0.05) is 15.8 Å². The Hall–Kier alpha value is -0.760. The van der Waals surface area contributed by atoms with Crippen LogP contribution in [0.2, 0.25) is 0 Å². The Bertz CT molecular complexity index is 291. The van der Waals surface area contributed by atoms with Crippen LogP contribution in [0, 0.1) is 14.9 Å². The van der Waals surface area contributed by atoms with E-state index >= 15 is 0 Å². The van der Waals surface area contributed by atoms with E-state index in [1.165, 1.54) is 3.57 Å². The van der Waals surface area contributed by atoms with Crippen molar-refractivity contribution in [2.24, 2.45) is 0 Å². The van der Waals surface area contributed by atoms with Crippen molar-refractivity contribution in [3.63, 3.8) is 0 Å². The molecule has 0 heterocycles. The molecule has 0 fully saturated rings. The van der Waals surface area contributed by atoms with Crippen molar-refractivity contribution >= 4 is 28.3 Å². The van der Waals surface area contributed by atoms with Gasteiger partial charge in [0.1, 0.15) is 0 Å². The molecule has 0 saturated heterocycles. The number of nitrogens with one attached hydrogen (secondary N) is 1. The first kappa shape index (κ1) is 9.33. The molecule has 3 heteroatoms. The van der Waals surface area contributed by atoms with Crippen molar-refractivity contribution in [1.29, 1.82) is 5.26 Å². The van der Waals surface area contributed by atoms with Crippen LogP contribution in [0.25, 0.3) is 0 Å². The Morgan fingerprint density at radius 3 is 3.00 bits per heavy atom. The number of hydrogen-bond acceptors (Lipinski definition) is 2. The third kappa shape index (κ3) is 3.09. The zero-order valence-electron chi connectivity index (χ0n) is 6.55. The fourth-order valence-electron chi connectivity index (χ4n) is 0.861. The van der Waals surface area contributed by atoms with Crippen molar-refractivity contribution in [1.82, 2.24) is 0 Å². The highest BCUT2D eigenvalue weighted by atomic mass is 127. The van der Waals surface area contributed by atoms with E-state index in [0.717, 1.165) is 12.2 Å². The van der Waals surface area contributed by atoms with Crippen molar-refractivity contribution in [3.8, 4) is 6.07 Å². The van der Waals surface area contributed by atoms with Crippen molar-refractivity contribution in [2.45, 2.75) is 6.42 Å². The first-order chi connectivity index (χ1) is 5.83. The van der Waals surface area contributed by atoms with Crippen molar-refractivity contribution in [3.05, 3.63) is 27.8 Å². The van der Waals surface area contributed by atoms with Crippen molar-refractivity contribution in [2.75, 3.05) is 11.9 Å². The van der Waals surface area contributed by atoms with Crippen LogP contribution >= 0.6 is 22.6 Å². The average molecular weight is 272 g/mol. The van der Waals surface area contributed by atoms with Gasteiger partial charge in [-0.3, -0.25) is 0 Å². The Morgan fingerprint density at radius 1 is 1.50 bits per heavy atom. The number of benzene rings is 1. The second-order valence-electron chi connectivity index (χ2n) is 2.35. The highest BCUT2D eigenvalue weighted by molar-refractivity contribution is 14.1. The fourth-order valence-corrected chi connectivity index (χ4v) is 1.40. The lowest BCUT2D eigenvalue weighted by molar-refractivity contribution is 1.07. The molecule has 0 spiro atoms. The molecule has 0 saturated carbocycles. The van der Waals surface area contributed by atoms with Gasteiger partial charge in [0.25, 0.3) is 0 Å². The van der Waals surface area contributed by atoms with Gasteiger partial charge >= 0.3 is 0 Å². The zero-order valence-corrected chi connectivity index (χ0v) is 8.71. The minimum Gasteiger partial charge on any atom is -0.384 e. The van der Waals surface area contributed by atoms with E-state index in [0.29, 0.717) is 6.42 Å². The summed E-state index contributed by atoms with van der Waals surface area (Å²) in [5.74, 6) is 0. The molecule has 62 valence electrons. The second kappa shape index (κ2) is 4.99. The molecule has 0 aliphatic heterocycles. The quantitative estimate of drug-likeness (QED) is 0.678. The van der Waals surface area contributed by atoms with Gasteiger partial charge in [0.15, 0.2) is 0 Å². The standard InChI is InChI=1S/C9H9IN2/c10-8-3-1-4-9(7-8)12-6-2-5-11/h1,3-4,7,12H,2,6H2. The fraction of sp³-hybridized carbons (Fsp3) is 0.222. The molecule has 2 nitrogen and oxygen atoms in total. The molecule has 0 amide bonds. The molecule has 12 heavy (non-hydrogen) atoms. The topological polar surface area (TPSA) is 35.8 Å². The molecule has 0 aliphatic rings. The maximum Gasteiger partial charge on any atom is 0.0640 e. The molecular formula is C9H9IN2. The molecule has 0 aromatic heterocycles. The predicted octanol–water partition coefficient (Wildman–Crippen LogP) is 2.62. The van der Waals surface area contributed by atoms with Crippen LogP contribution in [-0.2, 0) is 0 Å². The van der Waals surface area contributed by atoms with Crippen LogP contribution in [0.1, 0.15) is 6.42 Å². The van der Waals surface area contributed by atoms with Crippen LogP contribution in [-0.4, -0.2) is 6.54 Å². The second-order valence-corrected chi connectivity index (χ2v) is 3.59. The first-order valence-electron chi connectivity index (χ1n) is 3.69. The third-order valence-corrected chi connectivity index (χ3v) is 2.06. The third-order valence-electron chi connectivity index (χ3n) is 1.39. The summed E-state index contributed by atoms with van der Waals surface area (Å²) >= 11 is 2.26. The maximum absolute atomic E-state index is 8.31. The summed E-state index contributed by atoms with van der Waals surface area (Å²) in [6.45, 7) is 0.719. The minimum atomic E-state index is 0.547. The molecule has 1 aromatic rings. The summed E-state index contributed by atoms with van der Waals surface area (Å²) < 4.78 is 1.20. The Labute approximate surface area is 85.7 Å². The van der Waals surface area contributed by atoms with E-state index in [9.17, 15) is 0 Å². The van der Waals surface area contributed by atoms with Crippen LogP contribution in [0.15, 0.2) is 24.3 Å². The summed E-state index contributed by atoms with van der Waals surface area (Å²) in [7, 11) is 0. The Kier molecular flexibility index (Phi) is 3.88. The monoisotopic (exact) mass is 272 g/mol. The lowest BCUT2D eigenvalue weighted by atomic mass is 10.3. The maximum atomic E-state index is 8.31. The van der Waals surface area contributed by atoms with Crippen LogP contribution in [0.3, 0.4) is 0 Å². The lowest BCUT2D eigenvalue weighted by Gasteiger charge is -2.02. The smallest absolute Gasteiger partial charge is 0.0640 e. The zero-order chi connectivity index (χ0) is 8.81. The van der Waals surface area contributed by atoms with Crippen LogP contribution in [0.5, 0.6) is 0 Å². The summed E-state index contributed by atoms with van der Waals surface area (Å²) in [6, 6.07) is 10.2. The SMILES string of the molecule is N#CCCNc1cccc(I)c1. The van der Waals surface area contributed by atoms with Crippen molar-refractivity contribution < 1.29 is 0 Å². The summed E-state index contributed by atoms with van der Waals surface area (Å²) in [5.41, 5.74) is 1.08. The predicted molar refractivity (Wildman–Crippen MR) is 57.9 cm³/mol. The normalized spacial score (nSPS) is 9.00. The number of rotatable bonds is 3. The van der Waals surface area contributed by atoms with E-state index in [-0.39, 0.29) is 0 Å². The summed E-state index contributed by atoms with van der Waals surface area (Å²) in [6.07, 6.45) is 0.547. The minimum absolute atomic E-state index is 0.547. The van der Waals surface area contributed by atoms with Gasteiger partial charge < -0.3 is 5.32 Å². The molecule has 1 rings (SSSR count). The van der Waals surface area contributed by atoms with Gasteiger partial charge in [-0.1, -0.05) is 6.07 Å². The summed E-state index contributed by atoms with van der Waals surface area (Å²) in [5, 5.41) is 11.5. The van der Waals surface area contributed by atoms with Gasteiger partial charge in [-0.25, -0.2) is 0 Å². The van der Waals surface area contributed by atoms with E-state index in [1.54, 1.807) is 0 Å². The summed E-state index contributed by atoms with van der Waals surface area (Å²) in [4.78, 5) is 0. The molecule has 0 aliphatic carbocycles. The van der Waals surface area contributed by atoms with E-state index < -0.39 is 0 Å². The van der Waals surface area contributed by atoms with Gasteiger partial charge in [0.05, 0.1) is 12.5 Å². The van der Waals surface area contributed by atoms with Gasteiger partial charge in [0.2, 0.25) is 0 Å². The molecule has 1 N–H and O–H groups in total. The average Bonchev–Trinajstić information content (AvgIpc) is 2.05. The number of anilines is 1. The molecule has 0 unspecified atom stereocenters. The van der Waals surface area contributed by atoms with E-state index in [1.807, 2.05) is 18.2 Å². The number of nitriles is 1. The first-order valence-corrected chi connectivity index (χ1v) is 4.77. The Morgan fingerprint density at radius 2 is 2.33 bits per heavy atom. The Balaban J connectivity index is 2.48. The molecule has 0 radical (unpaired) electrons. The van der Waals surface area contributed by atoms with E-state index in [4.69, 9.17) is 5.26 Å². The highest BCUT2D eigenvalue weighted by Crippen LogP contribution is 2.11. The van der Waals surface area contributed by atoms with Gasteiger partial charge in [-0.05, 0) is 40.8 Å². The molecule has 1 aromatic carbocycles. The number of nitrogens with zero attached hydrogens (tertiary/aromatic N) is 1. The van der Waals surface area contributed by atoms with Crippen LogP contribution < -0.4 is 5.32 Å². The highest BCUT2D eigenvalue weighted by Gasteiger charge is 1.90. The lowest BCUT2D eigenvalue weighted by Crippen LogP contribution is -1.99. The van der Waals surface area contributed by atoms with Crippen LogP contribution in [0.4, 0.5) is 5.69 Å². The molecular weight excluding hydrogens is 263 g/mol. The molecule has 0 bridgehead atoms. The largest absolute Gasteiger partial charge is 0.384 e. The number of hydrogen-bond donors (Lipinski definition) is 1. The van der Waals surface area contributed by atoms with Gasteiger partial charge in [-0.15, -0.1) is 0 Å². The van der Waals surface area contributed by atoms with E-state index in [2.05, 4.69) is 40.0 Å². The number of halogens is 1.